The number of fused-ring (bicyclic) bond motifs is 3. The fourth-order valence-corrected chi connectivity index (χ4v) is 4.03. The molecule has 0 unspecified atom stereocenters. The zero-order valence-electron chi connectivity index (χ0n) is 16.2. The number of carbonyl (C=O) groups excluding carboxylic acids is 1. The van der Waals surface area contributed by atoms with Crippen molar-refractivity contribution in [2.24, 2.45) is 5.92 Å². The van der Waals surface area contributed by atoms with Gasteiger partial charge in [-0.3, -0.25) is 9.20 Å². The molecule has 30 heavy (non-hydrogen) atoms. The zero-order valence-corrected chi connectivity index (χ0v) is 16.9. The van der Waals surface area contributed by atoms with Gasteiger partial charge in [-0.1, -0.05) is 17.7 Å². The molecule has 7 nitrogen and oxygen atoms in total. The first-order valence-corrected chi connectivity index (χ1v) is 9.76. The molecule has 1 saturated carbocycles. The van der Waals surface area contributed by atoms with Gasteiger partial charge in [0.25, 0.3) is 0 Å². The number of hydrogen-bond acceptors (Lipinski definition) is 5. The highest BCUT2D eigenvalue weighted by Gasteiger charge is 2.43. The summed E-state index contributed by atoms with van der Waals surface area (Å²) in [6.07, 6.45) is 2.44. The fourth-order valence-electron chi connectivity index (χ4n) is 3.64. The predicted octanol–water partition coefficient (Wildman–Crippen LogP) is 4.21. The van der Waals surface area contributed by atoms with Crippen molar-refractivity contribution in [3.63, 3.8) is 0 Å². The number of ether oxygens (including phenoxy) is 1. The smallest absolute Gasteiger partial charge is 0.231 e. The molecule has 5 rings (SSSR count). The van der Waals surface area contributed by atoms with Crippen LogP contribution in [0.2, 0.25) is 5.02 Å². The molecule has 1 aliphatic rings. The molecule has 0 spiro atoms. The molecule has 2 atom stereocenters. The lowest BCUT2D eigenvalue weighted by atomic mass is 9.99. The molecule has 9 heteroatoms. The van der Waals surface area contributed by atoms with Crippen molar-refractivity contribution in [3.8, 4) is 16.9 Å². The van der Waals surface area contributed by atoms with Crippen LogP contribution in [0, 0.1) is 12.8 Å². The summed E-state index contributed by atoms with van der Waals surface area (Å²) in [5.41, 5.74) is 3.92. The maximum Gasteiger partial charge on any atom is 0.231 e. The molecule has 1 aliphatic carbocycles. The second-order valence-corrected chi connectivity index (χ2v) is 7.71. The Bertz CT molecular complexity index is 1320. The Morgan fingerprint density at radius 2 is 2.17 bits per heavy atom. The minimum Gasteiger partial charge on any atom is -0.495 e. The van der Waals surface area contributed by atoms with Gasteiger partial charge in [0.05, 0.1) is 23.6 Å². The van der Waals surface area contributed by atoms with Crippen LogP contribution in [-0.2, 0) is 4.79 Å². The van der Waals surface area contributed by atoms with Gasteiger partial charge in [0, 0.05) is 28.8 Å². The summed E-state index contributed by atoms with van der Waals surface area (Å²) >= 11 is 6.62. The average molecular weight is 426 g/mol. The topological polar surface area (TPSA) is 81.4 Å². The van der Waals surface area contributed by atoms with Crippen LogP contribution in [0.4, 0.5) is 10.2 Å². The van der Waals surface area contributed by atoms with Crippen molar-refractivity contribution >= 4 is 39.9 Å². The quantitative estimate of drug-likeness (QED) is 0.529. The van der Waals surface area contributed by atoms with Gasteiger partial charge in [0.1, 0.15) is 24.1 Å². The summed E-state index contributed by atoms with van der Waals surface area (Å²) in [5, 5.41) is 12.3. The van der Waals surface area contributed by atoms with Gasteiger partial charge in [-0.2, -0.15) is 0 Å². The van der Waals surface area contributed by atoms with Crippen LogP contribution in [0.1, 0.15) is 12.0 Å². The highest BCUT2D eigenvalue weighted by molar-refractivity contribution is 6.35. The predicted molar refractivity (Wildman–Crippen MR) is 112 cm³/mol. The number of aromatic nitrogens is 4. The number of pyridine rings is 2. The van der Waals surface area contributed by atoms with E-state index >= 15 is 0 Å². The van der Waals surface area contributed by atoms with Crippen molar-refractivity contribution in [2.75, 3.05) is 12.4 Å². The lowest BCUT2D eigenvalue weighted by Crippen LogP contribution is -2.15. The Hall–Kier alpha value is -3.26. The number of carbonyl (C=O) groups is 1. The number of nitrogens with zero attached hydrogens (tertiary/aromatic N) is 4. The lowest BCUT2D eigenvalue weighted by Gasteiger charge is -2.14. The van der Waals surface area contributed by atoms with E-state index in [1.165, 1.54) is 0 Å². The van der Waals surface area contributed by atoms with E-state index in [1.807, 2.05) is 29.5 Å². The maximum atomic E-state index is 13.2. The number of anilines is 1. The molecule has 1 N–H and O–H groups in total. The van der Waals surface area contributed by atoms with E-state index in [9.17, 15) is 9.18 Å². The molecule has 1 fully saturated rings. The van der Waals surface area contributed by atoms with Crippen molar-refractivity contribution < 1.29 is 13.9 Å². The van der Waals surface area contributed by atoms with Crippen LogP contribution < -0.4 is 10.1 Å². The van der Waals surface area contributed by atoms with Crippen molar-refractivity contribution in [2.45, 2.75) is 19.5 Å². The van der Waals surface area contributed by atoms with E-state index in [4.69, 9.17) is 16.3 Å². The summed E-state index contributed by atoms with van der Waals surface area (Å²) in [7, 11) is 1.57. The van der Waals surface area contributed by atoms with Crippen LogP contribution >= 0.6 is 11.6 Å². The monoisotopic (exact) mass is 425 g/mol. The van der Waals surface area contributed by atoms with Crippen molar-refractivity contribution in [1.82, 2.24) is 19.6 Å². The lowest BCUT2D eigenvalue weighted by molar-refractivity contribution is -0.117. The normalized spacial score (nSPS) is 18.0. The minimum atomic E-state index is -1.06. The molecule has 0 saturated heterocycles. The van der Waals surface area contributed by atoms with E-state index in [0.717, 1.165) is 27.6 Å². The SMILES string of the molecule is COc1ccc(C)c(-c2cc3cnc(NC(=O)[C@@H]4C[C@@H]4F)cc3n3cnnc23)c1Cl. The van der Waals surface area contributed by atoms with Crippen molar-refractivity contribution in [1.29, 1.82) is 0 Å². The van der Waals surface area contributed by atoms with Gasteiger partial charge in [0.2, 0.25) is 5.91 Å². The molecule has 0 aliphatic heterocycles. The van der Waals surface area contributed by atoms with Gasteiger partial charge in [-0.25, -0.2) is 9.37 Å². The Kier molecular flexibility index (Phi) is 4.32. The van der Waals surface area contributed by atoms with Gasteiger partial charge >= 0.3 is 0 Å². The molecule has 1 amide bonds. The summed E-state index contributed by atoms with van der Waals surface area (Å²) in [4.78, 5) is 16.4. The highest BCUT2D eigenvalue weighted by atomic mass is 35.5. The Morgan fingerprint density at radius 1 is 1.37 bits per heavy atom. The van der Waals surface area contributed by atoms with Crippen LogP contribution in [0.15, 0.2) is 36.8 Å². The second kappa shape index (κ2) is 6.91. The third kappa shape index (κ3) is 2.95. The molecule has 3 heterocycles. The summed E-state index contributed by atoms with van der Waals surface area (Å²) in [6, 6.07) is 7.42. The van der Waals surface area contributed by atoms with E-state index in [2.05, 4.69) is 20.5 Å². The third-order valence-electron chi connectivity index (χ3n) is 5.36. The number of rotatable bonds is 4. The van der Waals surface area contributed by atoms with Crippen molar-refractivity contribution in [3.05, 3.63) is 47.4 Å². The Labute approximate surface area is 175 Å². The number of nitrogens with one attached hydrogen (secondary N) is 1. The van der Waals surface area contributed by atoms with E-state index in [1.54, 1.807) is 25.7 Å². The zero-order chi connectivity index (χ0) is 21.0. The van der Waals surface area contributed by atoms with Crippen LogP contribution in [0.3, 0.4) is 0 Å². The second-order valence-electron chi connectivity index (χ2n) is 7.33. The molecule has 0 bridgehead atoms. The van der Waals surface area contributed by atoms with Gasteiger partial charge < -0.3 is 10.1 Å². The molecule has 1 aromatic carbocycles. The largest absolute Gasteiger partial charge is 0.495 e. The number of amides is 1. The number of hydrogen-bond donors (Lipinski definition) is 1. The van der Waals surface area contributed by atoms with Crippen LogP contribution in [-0.4, -0.2) is 38.8 Å². The summed E-state index contributed by atoms with van der Waals surface area (Å²) in [6.45, 7) is 1.96. The number of aryl methyl sites for hydroxylation is 1. The number of halogens is 2. The third-order valence-corrected chi connectivity index (χ3v) is 5.74. The number of methoxy groups -OCH3 is 1. The number of alkyl halides is 1. The standard InChI is InChI=1S/C21H17ClFN5O2/c1-10-3-4-16(30-2)19(22)18(10)13-5-11-8-24-17(26-21(29)12-6-14(12)23)7-15(11)28-9-25-27-20(13)28/h3-5,7-9,12,14H,6H2,1-2H3,(H,24,26,29)/t12-,14+/m1/s1. The minimum absolute atomic E-state index is 0.263. The average Bonchev–Trinajstić information content (AvgIpc) is 3.25. The first-order chi connectivity index (χ1) is 14.5. The van der Waals surface area contributed by atoms with E-state index < -0.39 is 12.1 Å². The van der Waals surface area contributed by atoms with Crippen LogP contribution in [0.5, 0.6) is 5.75 Å². The molecule has 152 valence electrons. The van der Waals surface area contributed by atoms with E-state index in [0.29, 0.717) is 22.2 Å². The fraction of sp³-hybridized carbons (Fsp3) is 0.238. The highest BCUT2D eigenvalue weighted by Crippen LogP contribution is 2.40. The van der Waals surface area contributed by atoms with Gasteiger partial charge in [0.15, 0.2) is 5.65 Å². The molecule has 3 aromatic heterocycles. The molecular weight excluding hydrogens is 409 g/mol. The van der Waals surface area contributed by atoms with Gasteiger partial charge in [-0.05, 0) is 31.0 Å². The maximum absolute atomic E-state index is 13.2. The first kappa shape index (κ1) is 18.7. The molecule has 0 radical (unpaired) electrons. The van der Waals surface area contributed by atoms with Gasteiger partial charge in [-0.15, -0.1) is 10.2 Å². The first-order valence-electron chi connectivity index (χ1n) is 9.39. The Balaban J connectivity index is 1.66. The number of benzene rings is 1. The Morgan fingerprint density at radius 3 is 2.90 bits per heavy atom. The molecule has 4 aromatic rings. The molecular formula is C21H17ClFN5O2. The summed E-state index contributed by atoms with van der Waals surface area (Å²) < 4.78 is 20.3. The van der Waals surface area contributed by atoms with E-state index in [-0.39, 0.29) is 12.3 Å². The summed E-state index contributed by atoms with van der Waals surface area (Å²) in [5.74, 6) is -0.0230. The van der Waals surface area contributed by atoms with Crippen LogP contribution in [0.25, 0.3) is 27.7 Å².